The van der Waals surface area contributed by atoms with Crippen LogP contribution < -0.4 is 9.47 Å². The summed E-state index contributed by atoms with van der Waals surface area (Å²) in [5.41, 5.74) is 1.95. The molecule has 2 aromatic rings. The van der Waals surface area contributed by atoms with Gasteiger partial charge < -0.3 is 14.4 Å². The van der Waals surface area contributed by atoms with Crippen LogP contribution in [-0.4, -0.2) is 36.1 Å². The van der Waals surface area contributed by atoms with Gasteiger partial charge in [-0.25, -0.2) is 0 Å². The van der Waals surface area contributed by atoms with E-state index in [1.54, 1.807) is 44.8 Å². The zero-order chi connectivity index (χ0) is 17.6. The molecule has 3 rings (SSSR count). The number of nitrogens with zero attached hydrogens (tertiary/aromatic N) is 2. The highest BCUT2D eigenvalue weighted by molar-refractivity contribution is 5.92. The molecular formula is C20H22N2O3. The van der Waals surface area contributed by atoms with Crippen LogP contribution in [0.3, 0.4) is 0 Å². The van der Waals surface area contributed by atoms with E-state index in [9.17, 15) is 4.79 Å². The lowest BCUT2D eigenvalue weighted by Gasteiger charge is -2.20. The van der Waals surface area contributed by atoms with Gasteiger partial charge in [-0.15, -0.1) is 0 Å². The number of hydrogen-bond acceptors (Lipinski definition) is 4. The first kappa shape index (κ1) is 17.0. The molecule has 1 aliphatic rings. The van der Waals surface area contributed by atoms with Crippen LogP contribution in [0.25, 0.3) is 6.08 Å². The third-order valence-corrected chi connectivity index (χ3v) is 4.17. The topological polar surface area (TPSA) is 51.7 Å². The summed E-state index contributed by atoms with van der Waals surface area (Å²) in [6, 6.07) is 9.77. The van der Waals surface area contributed by atoms with Gasteiger partial charge in [-0.3, -0.25) is 9.78 Å². The van der Waals surface area contributed by atoms with Crippen molar-refractivity contribution < 1.29 is 14.3 Å². The van der Waals surface area contributed by atoms with Crippen molar-refractivity contribution in [2.24, 2.45) is 0 Å². The zero-order valence-corrected chi connectivity index (χ0v) is 14.5. The fourth-order valence-electron chi connectivity index (χ4n) is 2.65. The lowest BCUT2D eigenvalue weighted by molar-refractivity contribution is -0.127. The van der Waals surface area contributed by atoms with Gasteiger partial charge in [-0.05, 0) is 54.3 Å². The van der Waals surface area contributed by atoms with Crippen molar-refractivity contribution in [1.82, 2.24) is 9.88 Å². The molecule has 0 unspecified atom stereocenters. The number of carbonyl (C=O) groups is 1. The monoisotopic (exact) mass is 338 g/mol. The van der Waals surface area contributed by atoms with E-state index in [4.69, 9.17) is 9.47 Å². The number of rotatable bonds is 7. The maximum Gasteiger partial charge on any atom is 0.247 e. The van der Waals surface area contributed by atoms with E-state index in [2.05, 4.69) is 4.98 Å². The molecule has 0 spiro atoms. The second kappa shape index (κ2) is 7.83. The van der Waals surface area contributed by atoms with Gasteiger partial charge in [-0.1, -0.05) is 0 Å². The Balaban J connectivity index is 1.74. The van der Waals surface area contributed by atoms with Gasteiger partial charge in [0.15, 0.2) is 0 Å². The fraction of sp³-hybridized carbons (Fsp3) is 0.300. The van der Waals surface area contributed by atoms with Gasteiger partial charge in [0.25, 0.3) is 0 Å². The molecule has 0 radical (unpaired) electrons. The van der Waals surface area contributed by atoms with Gasteiger partial charge in [0, 0.05) is 37.1 Å². The highest BCUT2D eigenvalue weighted by atomic mass is 16.5. The molecule has 1 aromatic carbocycles. The molecule has 1 heterocycles. The van der Waals surface area contributed by atoms with Crippen molar-refractivity contribution in [1.29, 1.82) is 0 Å². The predicted molar refractivity (Wildman–Crippen MR) is 96.4 cm³/mol. The summed E-state index contributed by atoms with van der Waals surface area (Å²) in [5, 5.41) is 0. The number of methoxy groups -OCH3 is 2. The van der Waals surface area contributed by atoms with Crippen molar-refractivity contribution in [2.45, 2.75) is 25.4 Å². The Morgan fingerprint density at radius 2 is 1.80 bits per heavy atom. The summed E-state index contributed by atoms with van der Waals surface area (Å²) in [6.07, 6.45) is 9.06. The Morgan fingerprint density at radius 3 is 2.36 bits per heavy atom. The van der Waals surface area contributed by atoms with Gasteiger partial charge in [-0.2, -0.15) is 0 Å². The maximum absolute atomic E-state index is 12.7. The van der Waals surface area contributed by atoms with Gasteiger partial charge >= 0.3 is 0 Å². The molecule has 0 N–H and O–H groups in total. The molecule has 25 heavy (non-hydrogen) atoms. The fourth-order valence-corrected chi connectivity index (χ4v) is 2.65. The Labute approximate surface area is 147 Å². The first-order valence-electron chi connectivity index (χ1n) is 8.30. The van der Waals surface area contributed by atoms with Crippen LogP contribution in [0.5, 0.6) is 11.5 Å². The predicted octanol–water partition coefficient (Wildman–Crippen LogP) is 3.30. The largest absolute Gasteiger partial charge is 0.497 e. The lowest BCUT2D eigenvalue weighted by Crippen LogP contribution is -2.31. The molecule has 0 aliphatic heterocycles. The summed E-state index contributed by atoms with van der Waals surface area (Å²) in [5.74, 6) is 1.41. The van der Waals surface area contributed by atoms with E-state index in [1.165, 1.54) is 0 Å². The van der Waals surface area contributed by atoms with E-state index >= 15 is 0 Å². The van der Waals surface area contributed by atoms with E-state index in [-0.39, 0.29) is 5.91 Å². The maximum atomic E-state index is 12.7. The smallest absolute Gasteiger partial charge is 0.247 e. The normalized spacial score (nSPS) is 13.7. The molecule has 5 nitrogen and oxygen atoms in total. The molecule has 1 aromatic heterocycles. The summed E-state index contributed by atoms with van der Waals surface area (Å²) < 4.78 is 10.5. The Bertz CT molecular complexity index is 733. The first-order chi connectivity index (χ1) is 12.2. The minimum absolute atomic E-state index is 0.0149. The highest BCUT2D eigenvalue weighted by Gasteiger charge is 2.31. The standard InChI is InChI=1S/C20H22N2O3/c1-24-18-11-16(12-19(13-18)25-2)3-6-20(23)22(17-4-5-17)14-15-7-9-21-10-8-15/h3,6-13,17H,4-5,14H2,1-2H3/b6-3+. The van der Waals surface area contributed by atoms with E-state index in [1.807, 2.05) is 29.2 Å². The highest BCUT2D eigenvalue weighted by Crippen LogP contribution is 2.29. The quantitative estimate of drug-likeness (QED) is 0.727. The van der Waals surface area contributed by atoms with Gasteiger partial charge in [0.05, 0.1) is 14.2 Å². The van der Waals surface area contributed by atoms with Crippen LogP contribution in [0.1, 0.15) is 24.0 Å². The van der Waals surface area contributed by atoms with Crippen LogP contribution >= 0.6 is 0 Å². The van der Waals surface area contributed by atoms with E-state index in [0.29, 0.717) is 24.1 Å². The average Bonchev–Trinajstić information content (AvgIpc) is 3.49. The summed E-state index contributed by atoms with van der Waals surface area (Å²) in [7, 11) is 3.22. The number of aromatic nitrogens is 1. The van der Waals surface area contributed by atoms with Crippen LogP contribution in [-0.2, 0) is 11.3 Å². The molecule has 0 atom stereocenters. The summed E-state index contributed by atoms with van der Waals surface area (Å²) >= 11 is 0. The molecular weight excluding hydrogens is 316 g/mol. The number of benzene rings is 1. The van der Waals surface area contributed by atoms with E-state index in [0.717, 1.165) is 24.0 Å². The van der Waals surface area contributed by atoms with E-state index < -0.39 is 0 Å². The minimum Gasteiger partial charge on any atom is -0.497 e. The Morgan fingerprint density at radius 1 is 1.16 bits per heavy atom. The third-order valence-electron chi connectivity index (χ3n) is 4.17. The second-order valence-corrected chi connectivity index (χ2v) is 6.03. The number of pyridine rings is 1. The van der Waals surface area contributed by atoms with Crippen LogP contribution in [0, 0.1) is 0 Å². The van der Waals surface area contributed by atoms with Gasteiger partial charge in [0.1, 0.15) is 11.5 Å². The molecule has 0 bridgehead atoms. The summed E-state index contributed by atoms with van der Waals surface area (Å²) in [4.78, 5) is 18.6. The first-order valence-corrected chi connectivity index (χ1v) is 8.30. The second-order valence-electron chi connectivity index (χ2n) is 6.03. The Hall–Kier alpha value is -2.82. The molecule has 1 amide bonds. The molecule has 130 valence electrons. The Kier molecular flexibility index (Phi) is 5.33. The van der Waals surface area contributed by atoms with Crippen molar-refractivity contribution in [3.05, 3.63) is 59.9 Å². The van der Waals surface area contributed by atoms with Crippen molar-refractivity contribution in [2.75, 3.05) is 14.2 Å². The number of ether oxygens (including phenoxy) is 2. The van der Waals surface area contributed by atoms with Crippen molar-refractivity contribution in [3.63, 3.8) is 0 Å². The van der Waals surface area contributed by atoms with Crippen molar-refractivity contribution >= 4 is 12.0 Å². The average molecular weight is 338 g/mol. The SMILES string of the molecule is COc1cc(/C=C/C(=O)N(Cc2ccncc2)C2CC2)cc(OC)c1. The zero-order valence-electron chi connectivity index (χ0n) is 14.5. The summed E-state index contributed by atoms with van der Waals surface area (Å²) in [6.45, 7) is 0.609. The molecule has 1 aliphatic carbocycles. The number of hydrogen-bond donors (Lipinski definition) is 0. The van der Waals surface area contributed by atoms with Crippen LogP contribution in [0.15, 0.2) is 48.8 Å². The van der Waals surface area contributed by atoms with Crippen molar-refractivity contribution in [3.8, 4) is 11.5 Å². The molecule has 5 heteroatoms. The molecule has 0 saturated heterocycles. The third kappa shape index (κ3) is 4.59. The number of carbonyl (C=O) groups excluding carboxylic acids is 1. The lowest BCUT2D eigenvalue weighted by atomic mass is 10.1. The van der Waals surface area contributed by atoms with Crippen LogP contribution in [0.4, 0.5) is 0 Å². The van der Waals surface area contributed by atoms with Crippen LogP contribution in [0.2, 0.25) is 0 Å². The molecule has 1 fully saturated rings. The van der Waals surface area contributed by atoms with Gasteiger partial charge in [0.2, 0.25) is 5.91 Å². The molecule has 1 saturated carbocycles. The minimum atomic E-state index is 0.0149. The number of amides is 1.